The third kappa shape index (κ3) is 3.45. The molecule has 0 amide bonds. The minimum atomic E-state index is 0.616. The Balaban J connectivity index is 2.00. The average molecular weight is 262 g/mol. The van der Waals surface area contributed by atoms with Gasteiger partial charge < -0.3 is 14.8 Å². The number of H-pyrrole nitrogens is 1. The van der Waals surface area contributed by atoms with Crippen LogP contribution in [0.1, 0.15) is 18.3 Å². The van der Waals surface area contributed by atoms with E-state index in [0.717, 1.165) is 22.9 Å². The van der Waals surface area contributed by atoms with Gasteiger partial charge in [0.25, 0.3) is 0 Å². The van der Waals surface area contributed by atoms with Gasteiger partial charge in [-0.25, -0.2) is 4.98 Å². The van der Waals surface area contributed by atoms with Gasteiger partial charge in [-0.2, -0.15) is 5.10 Å². The molecule has 0 unspecified atom stereocenters. The molecular formula is C13H18N4O2. The highest BCUT2D eigenvalue weighted by Crippen LogP contribution is 2.30. The van der Waals surface area contributed by atoms with Crippen LogP contribution in [0, 0.1) is 0 Å². The third-order valence-corrected chi connectivity index (χ3v) is 2.64. The predicted octanol–water partition coefficient (Wildman–Crippen LogP) is 1.50. The van der Waals surface area contributed by atoms with Crippen LogP contribution >= 0.6 is 0 Å². The molecule has 1 aromatic carbocycles. The van der Waals surface area contributed by atoms with Crippen LogP contribution < -0.4 is 14.8 Å². The van der Waals surface area contributed by atoms with Crippen molar-refractivity contribution in [2.75, 3.05) is 13.7 Å². The van der Waals surface area contributed by atoms with Crippen LogP contribution in [0.3, 0.4) is 0 Å². The highest BCUT2D eigenvalue weighted by Gasteiger charge is 2.09. The third-order valence-electron chi connectivity index (χ3n) is 2.64. The van der Waals surface area contributed by atoms with Gasteiger partial charge in [0.05, 0.1) is 20.3 Å². The van der Waals surface area contributed by atoms with Crippen molar-refractivity contribution in [2.45, 2.75) is 20.0 Å². The van der Waals surface area contributed by atoms with Gasteiger partial charge in [0.2, 0.25) is 0 Å². The first kappa shape index (κ1) is 13.4. The summed E-state index contributed by atoms with van der Waals surface area (Å²) in [6.07, 6.45) is 1.49. The van der Waals surface area contributed by atoms with Crippen molar-refractivity contribution < 1.29 is 9.47 Å². The molecule has 2 rings (SSSR count). The molecule has 6 heteroatoms. The first-order chi connectivity index (χ1) is 9.35. The highest BCUT2D eigenvalue weighted by atomic mass is 16.5. The SMILES string of the molecule is CCOc1cccc(CNCc2ncn[nH]2)c1OC. The number of ether oxygens (including phenoxy) is 2. The molecule has 102 valence electrons. The molecule has 0 spiro atoms. The van der Waals surface area contributed by atoms with Gasteiger partial charge in [-0.3, -0.25) is 5.10 Å². The van der Waals surface area contributed by atoms with E-state index >= 15 is 0 Å². The Hall–Kier alpha value is -2.08. The number of para-hydroxylation sites is 1. The number of aromatic amines is 1. The summed E-state index contributed by atoms with van der Waals surface area (Å²) in [5.41, 5.74) is 1.05. The number of nitrogens with one attached hydrogen (secondary N) is 2. The first-order valence-corrected chi connectivity index (χ1v) is 6.18. The Labute approximate surface area is 112 Å². The Bertz CT molecular complexity index is 499. The molecule has 0 atom stereocenters. The molecule has 0 aliphatic carbocycles. The molecule has 2 N–H and O–H groups in total. The number of methoxy groups -OCH3 is 1. The van der Waals surface area contributed by atoms with Crippen molar-refractivity contribution in [1.29, 1.82) is 0 Å². The van der Waals surface area contributed by atoms with Crippen LogP contribution in [-0.2, 0) is 13.1 Å². The minimum Gasteiger partial charge on any atom is -0.493 e. The summed E-state index contributed by atoms with van der Waals surface area (Å²) >= 11 is 0. The van der Waals surface area contributed by atoms with Gasteiger partial charge in [0.1, 0.15) is 12.2 Å². The van der Waals surface area contributed by atoms with E-state index in [0.29, 0.717) is 19.7 Å². The molecule has 0 aliphatic rings. The number of hydrogen-bond donors (Lipinski definition) is 2. The van der Waals surface area contributed by atoms with Crippen LogP contribution in [0.2, 0.25) is 0 Å². The molecular weight excluding hydrogens is 244 g/mol. The second kappa shape index (κ2) is 6.75. The van der Waals surface area contributed by atoms with Crippen LogP contribution in [0.15, 0.2) is 24.5 Å². The van der Waals surface area contributed by atoms with E-state index in [1.54, 1.807) is 7.11 Å². The Morgan fingerprint density at radius 1 is 1.32 bits per heavy atom. The zero-order valence-electron chi connectivity index (χ0n) is 11.1. The molecule has 1 aromatic heterocycles. The first-order valence-electron chi connectivity index (χ1n) is 6.18. The largest absolute Gasteiger partial charge is 0.493 e. The van der Waals surface area contributed by atoms with Crippen molar-refractivity contribution in [3.8, 4) is 11.5 Å². The fraction of sp³-hybridized carbons (Fsp3) is 0.385. The van der Waals surface area contributed by atoms with E-state index in [1.165, 1.54) is 6.33 Å². The number of nitrogens with zero attached hydrogens (tertiary/aromatic N) is 2. The van der Waals surface area contributed by atoms with Gasteiger partial charge in [0, 0.05) is 12.1 Å². The molecule has 0 fully saturated rings. The lowest BCUT2D eigenvalue weighted by atomic mass is 10.2. The fourth-order valence-corrected chi connectivity index (χ4v) is 1.83. The molecule has 6 nitrogen and oxygen atoms in total. The number of hydrogen-bond acceptors (Lipinski definition) is 5. The second-order valence-corrected chi connectivity index (χ2v) is 3.92. The monoisotopic (exact) mass is 262 g/mol. The molecule has 1 heterocycles. The maximum Gasteiger partial charge on any atom is 0.165 e. The topological polar surface area (TPSA) is 72.1 Å². The highest BCUT2D eigenvalue weighted by molar-refractivity contribution is 5.46. The second-order valence-electron chi connectivity index (χ2n) is 3.92. The minimum absolute atomic E-state index is 0.616. The zero-order chi connectivity index (χ0) is 13.5. The van der Waals surface area contributed by atoms with Gasteiger partial charge in [-0.05, 0) is 13.0 Å². The van der Waals surface area contributed by atoms with E-state index in [-0.39, 0.29) is 0 Å². The van der Waals surface area contributed by atoms with E-state index in [9.17, 15) is 0 Å². The molecule has 0 bridgehead atoms. The lowest BCUT2D eigenvalue weighted by Gasteiger charge is -2.13. The Kier molecular flexibility index (Phi) is 4.74. The van der Waals surface area contributed by atoms with Crippen LogP contribution in [0.4, 0.5) is 0 Å². The van der Waals surface area contributed by atoms with E-state index in [2.05, 4.69) is 20.5 Å². The van der Waals surface area contributed by atoms with E-state index in [4.69, 9.17) is 9.47 Å². The molecule has 0 saturated carbocycles. The summed E-state index contributed by atoms with van der Waals surface area (Å²) in [6.45, 7) is 3.87. The summed E-state index contributed by atoms with van der Waals surface area (Å²) in [4.78, 5) is 4.05. The van der Waals surface area contributed by atoms with Crippen LogP contribution in [0.5, 0.6) is 11.5 Å². The quantitative estimate of drug-likeness (QED) is 0.791. The zero-order valence-corrected chi connectivity index (χ0v) is 11.1. The van der Waals surface area contributed by atoms with Crippen molar-refractivity contribution in [3.05, 3.63) is 35.9 Å². The fourth-order valence-electron chi connectivity index (χ4n) is 1.83. The summed E-state index contributed by atoms with van der Waals surface area (Å²) in [5.74, 6) is 2.35. The predicted molar refractivity (Wildman–Crippen MR) is 71.1 cm³/mol. The maximum absolute atomic E-state index is 5.54. The Morgan fingerprint density at radius 2 is 2.21 bits per heavy atom. The molecule has 19 heavy (non-hydrogen) atoms. The van der Waals surface area contributed by atoms with Crippen LogP contribution in [0.25, 0.3) is 0 Å². The normalized spacial score (nSPS) is 10.4. The maximum atomic E-state index is 5.54. The molecule has 2 aromatic rings. The Morgan fingerprint density at radius 3 is 2.89 bits per heavy atom. The lowest BCUT2D eigenvalue weighted by Crippen LogP contribution is -2.14. The smallest absolute Gasteiger partial charge is 0.165 e. The van der Waals surface area contributed by atoms with Gasteiger partial charge in [-0.1, -0.05) is 12.1 Å². The average Bonchev–Trinajstić information content (AvgIpc) is 2.93. The van der Waals surface area contributed by atoms with Crippen molar-refractivity contribution in [2.24, 2.45) is 0 Å². The summed E-state index contributed by atoms with van der Waals surface area (Å²) in [6, 6.07) is 5.87. The molecule has 0 saturated heterocycles. The van der Waals surface area contributed by atoms with Gasteiger partial charge in [-0.15, -0.1) is 0 Å². The summed E-state index contributed by atoms with van der Waals surface area (Å²) in [5, 5.41) is 9.88. The lowest BCUT2D eigenvalue weighted by molar-refractivity contribution is 0.308. The van der Waals surface area contributed by atoms with E-state index < -0.39 is 0 Å². The summed E-state index contributed by atoms with van der Waals surface area (Å²) in [7, 11) is 1.65. The van der Waals surface area contributed by atoms with Gasteiger partial charge in [0.15, 0.2) is 11.5 Å². The van der Waals surface area contributed by atoms with Crippen LogP contribution in [-0.4, -0.2) is 28.9 Å². The number of aromatic nitrogens is 3. The van der Waals surface area contributed by atoms with Gasteiger partial charge >= 0.3 is 0 Å². The van der Waals surface area contributed by atoms with Crippen molar-refractivity contribution in [1.82, 2.24) is 20.5 Å². The number of benzene rings is 1. The standard InChI is InChI=1S/C13H18N4O2/c1-3-19-11-6-4-5-10(13(11)18-2)7-14-8-12-15-9-16-17-12/h4-6,9,14H,3,7-8H2,1-2H3,(H,15,16,17). The molecule has 0 aliphatic heterocycles. The number of rotatable bonds is 7. The molecule has 0 radical (unpaired) electrons. The van der Waals surface area contributed by atoms with E-state index in [1.807, 2.05) is 25.1 Å². The summed E-state index contributed by atoms with van der Waals surface area (Å²) < 4.78 is 11.0. The van der Waals surface area contributed by atoms with Crippen molar-refractivity contribution in [3.63, 3.8) is 0 Å². The van der Waals surface area contributed by atoms with Crippen molar-refractivity contribution >= 4 is 0 Å².